The first-order valence-corrected chi connectivity index (χ1v) is 17.3. The highest BCUT2D eigenvalue weighted by Gasteiger charge is 2.45. The van der Waals surface area contributed by atoms with Crippen LogP contribution in [0.25, 0.3) is 10.8 Å². The molecule has 4 aromatic rings. The predicted molar refractivity (Wildman–Crippen MR) is 182 cm³/mol. The van der Waals surface area contributed by atoms with Crippen LogP contribution in [0.3, 0.4) is 0 Å². The lowest BCUT2D eigenvalue weighted by atomic mass is 9.99. The van der Waals surface area contributed by atoms with E-state index in [2.05, 4.69) is 10.0 Å². The Bertz CT molecular complexity index is 2000. The zero-order valence-corrected chi connectivity index (χ0v) is 28.5. The quantitative estimate of drug-likeness (QED) is 0.190. The molecule has 1 saturated carbocycles. The predicted octanol–water partition coefficient (Wildman–Crippen LogP) is 5.89. The van der Waals surface area contributed by atoms with E-state index < -0.39 is 21.6 Å². The average Bonchev–Trinajstić information content (AvgIpc) is 3.73. The van der Waals surface area contributed by atoms with Crippen LogP contribution in [0, 0.1) is 6.92 Å². The SMILES string of the molecule is CCOc1c2c(c(OCC)c3ccccc13)C(=O)N(c1ccc(CC3(NC(=O)NS(=O)(=O)c4c(OC)cccc4OC)CC3)cc1C)C2. The summed E-state index contributed by atoms with van der Waals surface area (Å²) in [5, 5.41) is 4.62. The number of urea groups is 1. The van der Waals surface area contributed by atoms with Gasteiger partial charge in [-0.05, 0) is 69.4 Å². The van der Waals surface area contributed by atoms with Crippen molar-refractivity contribution < 1.29 is 37.0 Å². The molecular weight excluding hydrogens is 634 g/mol. The van der Waals surface area contributed by atoms with Crippen LogP contribution in [0.2, 0.25) is 0 Å². The molecule has 2 N–H and O–H groups in total. The first-order chi connectivity index (χ1) is 23.1. The molecule has 2 aliphatic rings. The van der Waals surface area contributed by atoms with Gasteiger partial charge in [-0.1, -0.05) is 42.5 Å². The Balaban J connectivity index is 1.21. The Morgan fingerprint density at radius 1 is 0.896 bits per heavy atom. The van der Waals surface area contributed by atoms with Crippen LogP contribution in [-0.4, -0.2) is 53.3 Å². The standard InChI is InChI=1S/C36H39N3O8S/c1-6-46-31-24-11-8-9-12-25(24)32(47-7-2)30-26(31)21-39(34(30)40)27-16-15-23(19-22(27)3)20-36(17-18-36)37-35(41)38-48(42,43)33-28(44-4)13-10-14-29(33)45-5/h8-16,19H,6-7,17-18,20-21H2,1-5H3,(H2,37,38,41). The van der Waals surface area contributed by atoms with Crippen molar-refractivity contribution in [3.8, 4) is 23.0 Å². The van der Waals surface area contributed by atoms with Gasteiger partial charge in [0.25, 0.3) is 15.9 Å². The zero-order valence-electron chi connectivity index (χ0n) is 27.6. The number of aryl methyl sites for hydroxylation is 1. The summed E-state index contributed by atoms with van der Waals surface area (Å²) in [5.41, 5.74) is 3.33. The van der Waals surface area contributed by atoms with Gasteiger partial charge >= 0.3 is 6.03 Å². The molecule has 1 aliphatic heterocycles. The maximum absolute atomic E-state index is 14.1. The van der Waals surface area contributed by atoms with Crippen molar-refractivity contribution in [2.24, 2.45) is 0 Å². The number of nitrogens with zero attached hydrogens (tertiary/aromatic N) is 1. The fraction of sp³-hybridized carbons (Fsp3) is 0.333. The molecule has 0 spiro atoms. The van der Waals surface area contributed by atoms with Crippen molar-refractivity contribution in [1.82, 2.24) is 10.0 Å². The lowest BCUT2D eigenvalue weighted by Gasteiger charge is -2.22. The first kappa shape index (κ1) is 33.0. The van der Waals surface area contributed by atoms with Crippen molar-refractivity contribution in [1.29, 1.82) is 0 Å². The number of hydrogen-bond donors (Lipinski definition) is 2. The second kappa shape index (κ2) is 12.9. The van der Waals surface area contributed by atoms with Gasteiger partial charge in [-0.25, -0.2) is 17.9 Å². The summed E-state index contributed by atoms with van der Waals surface area (Å²) in [5.74, 6) is 1.23. The summed E-state index contributed by atoms with van der Waals surface area (Å²) in [4.78, 5) is 28.6. The third-order valence-electron chi connectivity index (χ3n) is 8.78. The fourth-order valence-electron chi connectivity index (χ4n) is 6.51. The summed E-state index contributed by atoms with van der Waals surface area (Å²) in [7, 11) is -1.62. The number of anilines is 1. The van der Waals surface area contributed by atoms with Gasteiger partial charge in [0.15, 0.2) is 4.90 Å². The van der Waals surface area contributed by atoms with Crippen LogP contribution in [0.4, 0.5) is 10.5 Å². The van der Waals surface area contributed by atoms with Crippen LogP contribution in [-0.2, 0) is 23.0 Å². The maximum Gasteiger partial charge on any atom is 0.329 e. The van der Waals surface area contributed by atoms with E-state index in [1.54, 1.807) is 11.0 Å². The lowest BCUT2D eigenvalue weighted by Crippen LogP contribution is -2.46. The topological polar surface area (TPSA) is 132 Å². The number of nitrogens with one attached hydrogen (secondary N) is 2. The van der Waals surface area contributed by atoms with Gasteiger partial charge in [0.1, 0.15) is 23.0 Å². The molecule has 252 valence electrons. The van der Waals surface area contributed by atoms with Crippen molar-refractivity contribution in [3.05, 3.63) is 82.9 Å². The van der Waals surface area contributed by atoms with Crippen molar-refractivity contribution in [2.45, 2.75) is 57.0 Å². The van der Waals surface area contributed by atoms with Gasteiger partial charge in [0.05, 0.1) is 39.5 Å². The Labute approximate surface area is 280 Å². The van der Waals surface area contributed by atoms with Crippen LogP contribution in [0.15, 0.2) is 65.6 Å². The van der Waals surface area contributed by atoms with Crippen molar-refractivity contribution in [3.63, 3.8) is 0 Å². The molecule has 1 aliphatic carbocycles. The number of ether oxygens (including phenoxy) is 4. The van der Waals surface area contributed by atoms with Gasteiger partial charge in [0, 0.05) is 27.6 Å². The molecule has 1 fully saturated rings. The van der Waals surface area contributed by atoms with E-state index in [9.17, 15) is 18.0 Å². The number of fused-ring (bicyclic) bond motifs is 2. The summed E-state index contributed by atoms with van der Waals surface area (Å²) in [6.07, 6.45) is 1.86. The van der Waals surface area contributed by atoms with Crippen molar-refractivity contribution in [2.75, 3.05) is 32.3 Å². The first-order valence-electron chi connectivity index (χ1n) is 15.9. The average molecular weight is 674 g/mol. The highest BCUT2D eigenvalue weighted by Crippen LogP contribution is 2.47. The van der Waals surface area contributed by atoms with Crippen LogP contribution < -0.4 is 33.9 Å². The highest BCUT2D eigenvalue weighted by molar-refractivity contribution is 7.90. The molecule has 12 heteroatoms. The minimum atomic E-state index is -4.31. The van der Waals surface area contributed by atoms with E-state index in [1.807, 2.05) is 63.2 Å². The molecule has 0 radical (unpaired) electrons. The lowest BCUT2D eigenvalue weighted by molar-refractivity contribution is 0.0993. The van der Waals surface area contributed by atoms with Crippen LogP contribution in [0.1, 0.15) is 53.7 Å². The molecule has 48 heavy (non-hydrogen) atoms. The maximum atomic E-state index is 14.1. The van der Waals surface area contributed by atoms with Gasteiger partial charge in [-0.15, -0.1) is 0 Å². The number of sulfonamides is 1. The summed E-state index contributed by atoms with van der Waals surface area (Å²) >= 11 is 0. The molecule has 0 bridgehead atoms. The number of benzene rings is 4. The highest BCUT2D eigenvalue weighted by atomic mass is 32.2. The van der Waals surface area contributed by atoms with E-state index >= 15 is 0 Å². The minimum Gasteiger partial charge on any atom is -0.495 e. The van der Waals surface area contributed by atoms with E-state index in [0.717, 1.165) is 33.2 Å². The number of carbonyl (C=O) groups is 2. The number of amides is 3. The Kier molecular flexibility index (Phi) is 8.86. The normalized spacial score (nSPS) is 14.8. The summed E-state index contributed by atoms with van der Waals surface area (Å²) < 4.78 is 51.1. The van der Waals surface area contributed by atoms with E-state index in [0.29, 0.717) is 56.1 Å². The molecule has 4 aromatic carbocycles. The van der Waals surface area contributed by atoms with Gasteiger partial charge in [-0.2, -0.15) is 0 Å². The monoisotopic (exact) mass is 673 g/mol. The smallest absolute Gasteiger partial charge is 0.329 e. The molecule has 11 nitrogen and oxygen atoms in total. The number of carbonyl (C=O) groups excluding carboxylic acids is 2. The largest absolute Gasteiger partial charge is 0.495 e. The molecule has 0 atom stereocenters. The second-order valence-corrected chi connectivity index (χ2v) is 13.6. The van der Waals surface area contributed by atoms with Crippen LogP contribution >= 0.6 is 0 Å². The molecule has 1 heterocycles. The third kappa shape index (κ3) is 5.96. The number of methoxy groups -OCH3 is 2. The third-order valence-corrected chi connectivity index (χ3v) is 10.2. The van der Waals surface area contributed by atoms with Gasteiger partial charge in [0.2, 0.25) is 0 Å². The van der Waals surface area contributed by atoms with E-state index in [4.69, 9.17) is 18.9 Å². The molecular formula is C36H39N3O8S. The van der Waals surface area contributed by atoms with Crippen LogP contribution in [0.5, 0.6) is 23.0 Å². The summed E-state index contributed by atoms with van der Waals surface area (Å²) in [6.45, 7) is 6.99. The molecule has 0 saturated heterocycles. The number of rotatable bonds is 12. The fourth-order valence-corrected chi connectivity index (χ4v) is 7.74. The van der Waals surface area contributed by atoms with Gasteiger partial charge in [-0.3, -0.25) is 4.79 Å². The molecule has 0 aromatic heterocycles. The minimum absolute atomic E-state index is 0.0578. The van der Waals surface area contributed by atoms with Crippen molar-refractivity contribution >= 4 is 38.4 Å². The molecule has 6 rings (SSSR count). The van der Waals surface area contributed by atoms with E-state index in [-0.39, 0.29) is 22.3 Å². The Hall–Kier alpha value is -4.97. The van der Waals surface area contributed by atoms with Gasteiger partial charge < -0.3 is 29.2 Å². The Morgan fingerprint density at radius 2 is 1.52 bits per heavy atom. The number of hydrogen-bond acceptors (Lipinski definition) is 8. The van der Waals surface area contributed by atoms with E-state index in [1.165, 1.54) is 26.4 Å². The Morgan fingerprint density at radius 3 is 2.10 bits per heavy atom. The molecule has 3 amide bonds. The summed E-state index contributed by atoms with van der Waals surface area (Å²) in [6, 6.07) is 17.4. The second-order valence-electron chi connectivity index (χ2n) is 11.9. The molecule has 0 unspecified atom stereocenters. The zero-order chi connectivity index (χ0) is 34.2.